The van der Waals surface area contributed by atoms with Crippen LogP contribution in [0.2, 0.25) is 0 Å². The summed E-state index contributed by atoms with van der Waals surface area (Å²) in [7, 11) is 0. The predicted molar refractivity (Wildman–Crippen MR) is 84.6 cm³/mol. The third kappa shape index (κ3) is 4.68. The minimum atomic E-state index is -1.56. The zero-order valence-electron chi connectivity index (χ0n) is 11.7. The van der Waals surface area contributed by atoms with Gasteiger partial charge in [-0.25, -0.2) is 8.78 Å². The molecule has 3 N–H and O–H groups in total. The average molecular weight is 339 g/mol. The van der Waals surface area contributed by atoms with Crippen LogP contribution in [0.1, 0.15) is 11.1 Å². The van der Waals surface area contributed by atoms with E-state index in [4.69, 9.17) is 10.5 Å². The largest absolute Gasteiger partial charge is 0.486 e. The minimum absolute atomic E-state index is 0.0214. The maximum absolute atomic E-state index is 13.5. The van der Waals surface area contributed by atoms with Crippen LogP contribution in [0.3, 0.4) is 0 Å². The second-order valence-electron chi connectivity index (χ2n) is 4.44. The summed E-state index contributed by atoms with van der Waals surface area (Å²) in [6.07, 6.45) is 1.49. The zero-order valence-corrected chi connectivity index (χ0v) is 12.5. The summed E-state index contributed by atoms with van der Waals surface area (Å²) in [6, 6.07) is 8.80. The van der Waals surface area contributed by atoms with Crippen molar-refractivity contribution in [1.29, 1.82) is 0 Å². The maximum atomic E-state index is 13.5. The number of halogens is 3. The van der Waals surface area contributed by atoms with E-state index in [2.05, 4.69) is 22.7 Å². The van der Waals surface area contributed by atoms with E-state index in [9.17, 15) is 13.2 Å². The van der Waals surface area contributed by atoms with Gasteiger partial charge in [0.25, 0.3) is 0 Å². The number of hydrogen-bond acceptors (Lipinski definition) is 3. The molecule has 0 spiro atoms. The number of hydrogen-bond donors (Lipinski definition) is 2. The fraction of sp³-hybridized carbons (Fsp3) is 0.0667. The fourth-order valence-corrected chi connectivity index (χ4v) is 1.77. The first kappa shape index (κ1) is 16.8. The Kier molecular flexibility index (Phi) is 5.53. The average Bonchev–Trinajstić information content (AvgIpc) is 2.52. The van der Waals surface area contributed by atoms with Gasteiger partial charge in [0.1, 0.15) is 6.61 Å². The van der Waals surface area contributed by atoms with Gasteiger partial charge in [0.05, 0.1) is 6.21 Å². The second-order valence-corrected chi connectivity index (χ2v) is 4.88. The summed E-state index contributed by atoms with van der Waals surface area (Å²) in [6.45, 7) is -0.0214. The SMILES string of the molecule is NC(=S)NN=Cc1cccc(COc2ccc(F)c(F)c2F)c1. The van der Waals surface area contributed by atoms with Crippen LogP contribution in [-0.2, 0) is 6.61 Å². The monoisotopic (exact) mass is 339 g/mol. The van der Waals surface area contributed by atoms with Crippen molar-refractivity contribution in [3.63, 3.8) is 0 Å². The molecule has 2 rings (SSSR count). The number of benzene rings is 2. The number of ether oxygens (including phenoxy) is 1. The van der Waals surface area contributed by atoms with Crippen molar-refractivity contribution < 1.29 is 17.9 Å². The zero-order chi connectivity index (χ0) is 16.8. The van der Waals surface area contributed by atoms with E-state index in [1.165, 1.54) is 6.21 Å². The Morgan fingerprint density at radius 2 is 2.00 bits per heavy atom. The molecule has 0 saturated heterocycles. The molecular formula is C15H12F3N3OS. The van der Waals surface area contributed by atoms with E-state index < -0.39 is 17.5 Å². The van der Waals surface area contributed by atoms with Crippen molar-refractivity contribution in [3.8, 4) is 5.75 Å². The van der Waals surface area contributed by atoms with Crippen molar-refractivity contribution in [2.24, 2.45) is 10.8 Å². The van der Waals surface area contributed by atoms with Gasteiger partial charge in [-0.3, -0.25) is 5.43 Å². The lowest BCUT2D eigenvalue weighted by Crippen LogP contribution is -2.23. The van der Waals surface area contributed by atoms with Crippen LogP contribution in [0.25, 0.3) is 0 Å². The molecular weight excluding hydrogens is 327 g/mol. The Labute approximate surface area is 135 Å². The molecule has 4 nitrogen and oxygen atoms in total. The van der Waals surface area contributed by atoms with Gasteiger partial charge in [0.2, 0.25) is 5.82 Å². The van der Waals surface area contributed by atoms with Gasteiger partial charge >= 0.3 is 0 Å². The number of thiocarbonyl (C=S) groups is 1. The van der Waals surface area contributed by atoms with Gasteiger partial charge in [-0.05, 0) is 41.5 Å². The number of nitrogens with zero attached hydrogens (tertiary/aromatic N) is 1. The summed E-state index contributed by atoms with van der Waals surface area (Å²) in [5.41, 5.74) is 9.05. The molecule has 0 radical (unpaired) electrons. The lowest BCUT2D eigenvalue weighted by molar-refractivity contribution is 0.281. The van der Waals surface area contributed by atoms with Crippen LogP contribution < -0.4 is 15.9 Å². The van der Waals surface area contributed by atoms with Crippen LogP contribution >= 0.6 is 12.2 Å². The van der Waals surface area contributed by atoms with E-state index in [0.717, 1.165) is 17.7 Å². The Hall–Kier alpha value is -2.61. The van der Waals surface area contributed by atoms with E-state index in [0.29, 0.717) is 5.56 Å². The highest BCUT2D eigenvalue weighted by Crippen LogP contribution is 2.22. The van der Waals surface area contributed by atoms with Gasteiger partial charge < -0.3 is 10.5 Å². The molecule has 0 heterocycles. The van der Waals surface area contributed by atoms with Gasteiger partial charge in [0, 0.05) is 0 Å². The van der Waals surface area contributed by atoms with Crippen molar-refractivity contribution in [2.45, 2.75) is 6.61 Å². The first-order valence-corrected chi connectivity index (χ1v) is 6.82. The Morgan fingerprint density at radius 1 is 1.22 bits per heavy atom. The van der Waals surface area contributed by atoms with Gasteiger partial charge in [-0.1, -0.05) is 18.2 Å². The first-order chi connectivity index (χ1) is 11.0. The summed E-state index contributed by atoms with van der Waals surface area (Å²) in [4.78, 5) is 0. The van der Waals surface area contributed by atoms with Crippen LogP contribution in [0.15, 0.2) is 41.5 Å². The number of nitrogens with one attached hydrogen (secondary N) is 1. The highest BCUT2D eigenvalue weighted by Gasteiger charge is 2.14. The van der Waals surface area contributed by atoms with Gasteiger partial charge in [-0.2, -0.15) is 9.49 Å². The standard InChI is InChI=1S/C15H12F3N3OS/c16-11-4-5-12(14(18)13(11)17)22-8-10-3-1-2-9(6-10)7-20-21-15(19)23/h1-7H,8H2,(H3,19,21,23). The number of nitrogens with two attached hydrogens (primary N) is 1. The number of hydrazone groups is 1. The molecule has 0 aromatic heterocycles. The van der Waals surface area contributed by atoms with Crippen molar-refractivity contribution in [1.82, 2.24) is 5.43 Å². The Morgan fingerprint density at radius 3 is 2.74 bits per heavy atom. The predicted octanol–water partition coefficient (Wildman–Crippen LogP) is 2.85. The molecule has 0 atom stereocenters. The van der Waals surface area contributed by atoms with Crippen molar-refractivity contribution in [3.05, 3.63) is 65.0 Å². The van der Waals surface area contributed by atoms with E-state index in [-0.39, 0.29) is 17.5 Å². The Bertz CT molecular complexity index is 753. The fourth-order valence-electron chi connectivity index (χ4n) is 1.71. The molecule has 23 heavy (non-hydrogen) atoms. The van der Waals surface area contributed by atoms with Gasteiger partial charge in [0.15, 0.2) is 22.5 Å². The first-order valence-electron chi connectivity index (χ1n) is 6.41. The molecule has 0 saturated carbocycles. The molecule has 0 amide bonds. The third-order valence-electron chi connectivity index (χ3n) is 2.73. The van der Waals surface area contributed by atoms with Crippen molar-refractivity contribution in [2.75, 3.05) is 0 Å². The van der Waals surface area contributed by atoms with Crippen LogP contribution in [0.4, 0.5) is 13.2 Å². The summed E-state index contributed by atoms with van der Waals surface area (Å²) in [5.74, 6) is -4.55. The van der Waals surface area contributed by atoms with E-state index >= 15 is 0 Å². The van der Waals surface area contributed by atoms with Crippen LogP contribution in [0, 0.1) is 17.5 Å². The van der Waals surface area contributed by atoms with E-state index in [1.54, 1.807) is 24.3 Å². The van der Waals surface area contributed by atoms with Gasteiger partial charge in [-0.15, -0.1) is 0 Å². The maximum Gasteiger partial charge on any atom is 0.203 e. The summed E-state index contributed by atoms with van der Waals surface area (Å²) >= 11 is 4.60. The summed E-state index contributed by atoms with van der Waals surface area (Å²) in [5, 5.41) is 3.84. The number of rotatable bonds is 5. The lowest BCUT2D eigenvalue weighted by atomic mass is 10.1. The summed E-state index contributed by atoms with van der Waals surface area (Å²) < 4.78 is 44.6. The van der Waals surface area contributed by atoms with Crippen molar-refractivity contribution >= 4 is 23.5 Å². The third-order valence-corrected chi connectivity index (χ3v) is 2.82. The van der Waals surface area contributed by atoms with E-state index in [1.807, 2.05) is 0 Å². The highest BCUT2D eigenvalue weighted by molar-refractivity contribution is 7.80. The molecule has 0 aliphatic heterocycles. The molecule has 2 aromatic carbocycles. The molecule has 2 aromatic rings. The normalized spacial score (nSPS) is 10.7. The quantitative estimate of drug-likeness (QED) is 0.381. The molecule has 0 aliphatic carbocycles. The molecule has 0 unspecified atom stereocenters. The topological polar surface area (TPSA) is 59.6 Å². The highest BCUT2D eigenvalue weighted by atomic mass is 32.1. The lowest BCUT2D eigenvalue weighted by Gasteiger charge is -2.08. The molecule has 0 bridgehead atoms. The molecule has 0 fully saturated rings. The minimum Gasteiger partial charge on any atom is -0.486 e. The van der Waals surface area contributed by atoms with Crippen LogP contribution in [-0.4, -0.2) is 11.3 Å². The Balaban J connectivity index is 2.05. The van der Waals surface area contributed by atoms with Crippen LogP contribution in [0.5, 0.6) is 5.75 Å². The second kappa shape index (κ2) is 7.59. The molecule has 120 valence electrons. The molecule has 8 heteroatoms. The molecule has 0 aliphatic rings. The smallest absolute Gasteiger partial charge is 0.203 e.